The molecule has 104 valence electrons. The summed E-state index contributed by atoms with van der Waals surface area (Å²) in [5, 5.41) is 0.458. The Hall–Kier alpha value is -2.07. The lowest BCUT2D eigenvalue weighted by Gasteiger charge is -2.09. The molecule has 0 aromatic heterocycles. The quantitative estimate of drug-likeness (QED) is 0.806. The van der Waals surface area contributed by atoms with Crippen LogP contribution in [0.4, 0.5) is 4.39 Å². The van der Waals surface area contributed by atoms with Crippen molar-refractivity contribution >= 4 is 17.4 Å². The van der Waals surface area contributed by atoms with E-state index in [1.165, 1.54) is 32.4 Å². The van der Waals surface area contributed by atoms with Gasteiger partial charge in [-0.05, 0) is 36.4 Å². The SMILES string of the molecule is COc1ccc(C(=O)c2ccc(Cl)cc2OC)cc1F. The Morgan fingerprint density at radius 1 is 1.05 bits per heavy atom. The number of rotatable bonds is 4. The Morgan fingerprint density at radius 2 is 1.75 bits per heavy atom. The van der Waals surface area contributed by atoms with Gasteiger partial charge in [-0.25, -0.2) is 4.39 Å². The van der Waals surface area contributed by atoms with Crippen LogP contribution >= 0.6 is 11.6 Å². The molecular weight excluding hydrogens is 283 g/mol. The van der Waals surface area contributed by atoms with Crippen LogP contribution in [0.1, 0.15) is 15.9 Å². The molecule has 2 aromatic carbocycles. The number of carbonyl (C=O) groups excluding carboxylic acids is 1. The van der Waals surface area contributed by atoms with E-state index < -0.39 is 5.82 Å². The summed E-state index contributed by atoms with van der Waals surface area (Å²) in [4.78, 5) is 12.4. The number of benzene rings is 2. The van der Waals surface area contributed by atoms with Gasteiger partial charge < -0.3 is 9.47 Å². The van der Waals surface area contributed by atoms with E-state index in [1.54, 1.807) is 12.1 Å². The molecule has 0 atom stereocenters. The second kappa shape index (κ2) is 5.92. The van der Waals surface area contributed by atoms with E-state index in [1.807, 2.05) is 0 Å². The molecule has 0 unspecified atom stereocenters. The summed E-state index contributed by atoms with van der Waals surface area (Å²) in [6.45, 7) is 0. The zero-order valence-electron chi connectivity index (χ0n) is 10.9. The minimum atomic E-state index is -0.591. The van der Waals surface area contributed by atoms with Crippen molar-refractivity contribution in [3.8, 4) is 11.5 Å². The highest BCUT2D eigenvalue weighted by Crippen LogP contribution is 2.27. The molecule has 0 aliphatic heterocycles. The maximum Gasteiger partial charge on any atom is 0.196 e. The third-order valence-corrected chi connectivity index (χ3v) is 3.06. The summed E-state index contributed by atoms with van der Waals surface area (Å²) in [5.74, 6) is -0.505. The molecule has 2 rings (SSSR count). The third-order valence-electron chi connectivity index (χ3n) is 2.82. The Morgan fingerprint density at radius 3 is 2.35 bits per heavy atom. The molecule has 0 fully saturated rings. The van der Waals surface area contributed by atoms with Crippen LogP contribution in [0.5, 0.6) is 11.5 Å². The first-order valence-electron chi connectivity index (χ1n) is 5.78. The molecule has 0 saturated heterocycles. The van der Waals surface area contributed by atoms with Crippen LogP contribution in [-0.2, 0) is 0 Å². The summed E-state index contributed by atoms with van der Waals surface area (Å²) in [6, 6.07) is 8.70. The summed E-state index contributed by atoms with van der Waals surface area (Å²) in [6.07, 6.45) is 0. The van der Waals surface area contributed by atoms with Crippen molar-refractivity contribution in [3.63, 3.8) is 0 Å². The minimum absolute atomic E-state index is 0.0876. The van der Waals surface area contributed by atoms with Gasteiger partial charge in [0.2, 0.25) is 0 Å². The molecule has 20 heavy (non-hydrogen) atoms. The summed E-state index contributed by atoms with van der Waals surface area (Å²) in [7, 11) is 2.80. The van der Waals surface area contributed by atoms with Gasteiger partial charge in [-0.2, -0.15) is 0 Å². The number of halogens is 2. The van der Waals surface area contributed by atoms with Crippen molar-refractivity contribution in [1.29, 1.82) is 0 Å². The van der Waals surface area contributed by atoms with Crippen LogP contribution < -0.4 is 9.47 Å². The number of ketones is 1. The Bertz CT molecular complexity index is 656. The monoisotopic (exact) mass is 294 g/mol. The summed E-state index contributed by atoms with van der Waals surface area (Å²) in [5.41, 5.74) is 0.533. The van der Waals surface area contributed by atoms with Crippen molar-refractivity contribution < 1.29 is 18.7 Å². The summed E-state index contributed by atoms with van der Waals surface area (Å²) >= 11 is 5.84. The first-order valence-corrected chi connectivity index (χ1v) is 6.16. The number of hydrogen-bond donors (Lipinski definition) is 0. The highest BCUT2D eigenvalue weighted by atomic mass is 35.5. The highest BCUT2D eigenvalue weighted by Gasteiger charge is 2.16. The average molecular weight is 295 g/mol. The number of methoxy groups -OCH3 is 2. The Balaban J connectivity index is 2.43. The highest BCUT2D eigenvalue weighted by molar-refractivity contribution is 6.31. The van der Waals surface area contributed by atoms with Crippen LogP contribution in [0, 0.1) is 5.82 Å². The molecule has 0 radical (unpaired) electrons. The third kappa shape index (κ3) is 2.75. The number of carbonyl (C=O) groups is 1. The molecule has 2 aromatic rings. The van der Waals surface area contributed by atoms with Crippen LogP contribution in [-0.4, -0.2) is 20.0 Å². The molecule has 0 bridgehead atoms. The zero-order valence-corrected chi connectivity index (χ0v) is 11.7. The molecule has 3 nitrogen and oxygen atoms in total. The fourth-order valence-electron chi connectivity index (χ4n) is 1.82. The van der Waals surface area contributed by atoms with Gasteiger partial charge in [0.15, 0.2) is 17.3 Å². The van der Waals surface area contributed by atoms with Crippen molar-refractivity contribution in [2.75, 3.05) is 14.2 Å². The largest absolute Gasteiger partial charge is 0.496 e. The Labute approximate surface area is 120 Å². The normalized spacial score (nSPS) is 10.2. The lowest BCUT2D eigenvalue weighted by atomic mass is 10.0. The van der Waals surface area contributed by atoms with E-state index in [2.05, 4.69) is 0 Å². The van der Waals surface area contributed by atoms with Gasteiger partial charge in [0.05, 0.1) is 19.8 Å². The second-order valence-corrected chi connectivity index (χ2v) is 4.46. The zero-order chi connectivity index (χ0) is 14.7. The molecule has 0 N–H and O–H groups in total. The minimum Gasteiger partial charge on any atom is -0.496 e. The fraction of sp³-hybridized carbons (Fsp3) is 0.133. The van der Waals surface area contributed by atoms with Crippen molar-refractivity contribution in [3.05, 3.63) is 58.4 Å². The molecule has 0 saturated carbocycles. The van der Waals surface area contributed by atoms with Crippen LogP contribution in [0.2, 0.25) is 5.02 Å². The number of hydrogen-bond acceptors (Lipinski definition) is 3. The second-order valence-electron chi connectivity index (χ2n) is 4.02. The lowest BCUT2D eigenvalue weighted by molar-refractivity contribution is 0.103. The van der Waals surface area contributed by atoms with Gasteiger partial charge in [-0.3, -0.25) is 4.79 Å². The molecule has 0 amide bonds. The molecular formula is C15H12ClFO3. The van der Waals surface area contributed by atoms with Crippen LogP contribution in [0.25, 0.3) is 0 Å². The van der Waals surface area contributed by atoms with Gasteiger partial charge in [-0.15, -0.1) is 0 Å². The molecule has 0 aliphatic carbocycles. The van der Waals surface area contributed by atoms with Gasteiger partial charge in [-0.1, -0.05) is 11.6 Å². The van der Waals surface area contributed by atoms with Crippen molar-refractivity contribution in [1.82, 2.24) is 0 Å². The fourth-order valence-corrected chi connectivity index (χ4v) is 1.98. The van der Waals surface area contributed by atoms with E-state index in [-0.39, 0.29) is 17.1 Å². The van der Waals surface area contributed by atoms with Crippen molar-refractivity contribution in [2.45, 2.75) is 0 Å². The Kier molecular flexibility index (Phi) is 4.25. The van der Waals surface area contributed by atoms with E-state index in [0.717, 1.165) is 6.07 Å². The van der Waals surface area contributed by atoms with E-state index in [9.17, 15) is 9.18 Å². The predicted molar refractivity (Wildman–Crippen MR) is 74.4 cm³/mol. The van der Waals surface area contributed by atoms with Gasteiger partial charge in [0.1, 0.15) is 5.75 Å². The maximum atomic E-state index is 13.6. The van der Waals surface area contributed by atoms with Crippen LogP contribution in [0.15, 0.2) is 36.4 Å². The molecule has 0 aliphatic rings. The number of ether oxygens (including phenoxy) is 2. The summed E-state index contributed by atoms with van der Waals surface area (Å²) < 4.78 is 23.6. The van der Waals surface area contributed by atoms with E-state index >= 15 is 0 Å². The maximum absolute atomic E-state index is 13.6. The first kappa shape index (κ1) is 14.3. The molecule has 0 spiro atoms. The first-order chi connectivity index (χ1) is 9.56. The van der Waals surface area contributed by atoms with Gasteiger partial charge in [0, 0.05) is 10.6 Å². The van der Waals surface area contributed by atoms with Crippen molar-refractivity contribution in [2.24, 2.45) is 0 Å². The molecule has 0 heterocycles. The predicted octanol–water partition coefficient (Wildman–Crippen LogP) is 3.73. The van der Waals surface area contributed by atoms with Gasteiger partial charge in [0.25, 0.3) is 0 Å². The topological polar surface area (TPSA) is 35.5 Å². The average Bonchev–Trinajstić information content (AvgIpc) is 2.46. The standard InChI is InChI=1S/C15H12ClFO3/c1-19-13-6-3-9(7-12(13)17)15(18)11-5-4-10(16)8-14(11)20-2/h3-8H,1-2H3. The van der Waals surface area contributed by atoms with E-state index in [0.29, 0.717) is 16.3 Å². The molecule has 5 heteroatoms. The van der Waals surface area contributed by atoms with Crippen LogP contribution in [0.3, 0.4) is 0 Å². The smallest absolute Gasteiger partial charge is 0.196 e. The van der Waals surface area contributed by atoms with E-state index in [4.69, 9.17) is 21.1 Å². The van der Waals surface area contributed by atoms with Gasteiger partial charge >= 0.3 is 0 Å². The lowest BCUT2D eigenvalue weighted by Crippen LogP contribution is -2.05.